The van der Waals surface area contributed by atoms with Crippen LogP contribution in [-0.2, 0) is 4.74 Å². The molecule has 0 unspecified atom stereocenters. The van der Waals surface area contributed by atoms with Gasteiger partial charge in [-0.1, -0.05) is 6.07 Å². The van der Waals surface area contributed by atoms with Gasteiger partial charge in [0.05, 0.1) is 12.8 Å². The molecule has 10 nitrogen and oxygen atoms in total. The number of nitrogens with one attached hydrogen (secondary N) is 2. The van der Waals surface area contributed by atoms with Crippen molar-refractivity contribution >= 4 is 28.9 Å². The number of hydrogen-bond donors (Lipinski definition) is 2. The molecule has 0 fully saturated rings. The molecule has 0 bridgehead atoms. The van der Waals surface area contributed by atoms with Crippen LogP contribution in [0.4, 0.5) is 17.3 Å². The summed E-state index contributed by atoms with van der Waals surface area (Å²) >= 11 is 0. The predicted octanol–water partition coefficient (Wildman–Crippen LogP) is 2.55. The molecule has 0 spiro atoms. The fraction of sp³-hybridized carbons (Fsp3) is 0.190. The van der Waals surface area contributed by atoms with Gasteiger partial charge >= 0.3 is 5.97 Å². The number of esters is 1. The van der Waals surface area contributed by atoms with Gasteiger partial charge in [-0.2, -0.15) is 9.61 Å². The van der Waals surface area contributed by atoms with Crippen molar-refractivity contribution in [1.29, 1.82) is 0 Å². The Morgan fingerprint density at radius 3 is 2.77 bits per heavy atom. The molecule has 4 heterocycles. The lowest BCUT2D eigenvalue weighted by Gasteiger charge is -2.11. The molecule has 0 atom stereocenters. The van der Waals surface area contributed by atoms with Gasteiger partial charge in [0, 0.05) is 25.0 Å². The second-order valence-electron chi connectivity index (χ2n) is 6.65. The lowest BCUT2D eigenvalue weighted by molar-refractivity contribution is 0.0528. The van der Waals surface area contributed by atoms with Crippen LogP contribution in [0.15, 0.2) is 53.6 Å². The molecule has 0 aromatic carbocycles. The molecule has 4 aromatic heterocycles. The quantitative estimate of drug-likeness (QED) is 0.458. The minimum Gasteiger partial charge on any atom is -0.462 e. The van der Waals surface area contributed by atoms with Crippen molar-refractivity contribution in [3.63, 3.8) is 0 Å². The SMILES string of the molecule is CCOC(=O)c1cnn2c(NC)cc(Nc3cccn(-c4cccc(C)n4)c3=O)nc12. The summed E-state index contributed by atoms with van der Waals surface area (Å²) in [6.45, 7) is 3.83. The number of rotatable bonds is 6. The molecule has 0 aliphatic rings. The van der Waals surface area contributed by atoms with Crippen LogP contribution in [-0.4, -0.2) is 43.8 Å². The van der Waals surface area contributed by atoms with E-state index in [2.05, 4.69) is 25.7 Å². The second-order valence-corrected chi connectivity index (χ2v) is 6.65. The van der Waals surface area contributed by atoms with Crippen LogP contribution in [0.5, 0.6) is 0 Å². The first-order valence-corrected chi connectivity index (χ1v) is 9.68. The van der Waals surface area contributed by atoms with Crippen LogP contribution >= 0.6 is 0 Å². The molecule has 10 heteroatoms. The van der Waals surface area contributed by atoms with Crippen LogP contribution in [0.1, 0.15) is 23.0 Å². The fourth-order valence-electron chi connectivity index (χ4n) is 3.13. The largest absolute Gasteiger partial charge is 0.462 e. The van der Waals surface area contributed by atoms with Gasteiger partial charge in [-0.3, -0.25) is 9.36 Å². The minimum atomic E-state index is -0.517. The second kappa shape index (κ2) is 8.27. The molecule has 158 valence electrons. The van der Waals surface area contributed by atoms with E-state index in [1.165, 1.54) is 15.3 Å². The van der Waals surface area contributed by atoms with E-state index >= 15 is 0 Å². The number of carbonyl (C=O) groups is 1. The number of carbonyl (C=O) groups excluding carboxylic acids is 1. The highest BCUT2D eigenvalue weighted by molar-refractivity contribution is 5.96. The number of anilines is 3. The summed E-state index contributed by atoms with van der Waals surface area (Å²) in [5.41, 5.74) is 1.37. The summed E-state index contributed by atoms with van der Waals surface area (Å²) in [4.78, 5) is 34.2. The zero-order valence-corrected chi connectivity index (χ0v) is 17.3. The van der Waals surface area contributed by atoms with E-state index in [1.807, 2.05) is 19.1 Å². The third-order valence-corrected chi connectivity index (χ3v) is 4.55. The van der Waals surface area contributed by atoms with Crippen molar-refractivity contribution in [3.8, 4) is 5.82 Å². The predicted molar refractivity (Wildman–Crippen MR) is 116 cm³/mol. The van der Waals surface area contributed by atoms with Crippen LogP contribution < -0.4 is 16.2 Å². The number of pyridine rings is 2. The number of nitrogens with zero attached hydrogens (tertiary/aromatic N) is 5. The highest BCUT2D eigenvalue weighted by Gasteiger charge is 2.18. The Bertz CT molecular complexity index is 1330. The molecule has 4 rings (SSSR count). The van der Waals surface area contributed by atoms with Crippen molar-refractivity contribution in [2.24, 2.45) is 0 Å². The minimum absolute atomic E-state index is 0.233. The van der Waals surface area contributed by atoms with E-state index in [1.54, 1.807) is 44.4 Å². The first-order chi connectivity index (χ1) is 15.0. The molecule has 31 heavy (non-hydrogen) atoms. The highest BCUT2D eigenvalue weighted by Crippen LogP contribution is 2.21. The van der Waals surface area contributed by atoms with Gasteiger partial charge in [0.1, 0.15) is 28.7 Å². The number of aromatic nitrogens is 5. The fourth-order valence-corrected chi connectivity index (χ4v) is 3.13. The number of fused-ring (bicyclic) bond motifs is 1. The van der Waals surface area contributed by atoms with Gasteiger partial charge in [-0.15, -0.1) is 0 Å². The van der Waals surface area contributed by atoms with Crippen molar-refractivity contribution < 1.29 is 9.53 Å². The van der Waals surface area contributed by atoms with E-state index in [-0.39, 0.29) is 17.7 Å². The number of hydrogen-bond acceptors (Lipinski definition) is 8. The lowest BCUT2D eigenvalue weighted by Crippen LogP contribution is -2.21. The molecular weight excluding hydrogens is 398 g/mol. The smallest absolute Gasteiger partial charge is 0.343 e. The Morgan fingerprint density at radius 1 is 1.19 bits per heavy atom. The van der Waals surface area contributed by atoms with Crippen molar-refractivity contribution in [2.75, 3.05) is 24.3 Å². The van der Waals surface area contributed by atoms with Crippen LogP contribution in [0.3, 0.4) is 0 Å². The Balaban J connectivity index is 1.77. The summed E-state index contributed by atoms with van der Waals surface area (Å²) in [6.07, 6.45) is 3.06. The third kappa shape index (κ3) is 3.82. The van der Waals surface area contributed by atoms with Gasteiger partial charge in [0.25, 0.3) is 5.56 Å². The van der Waals surface area contributed by atoms with E-state index in [0.29, 0.717) is 28.8 Å². The van der Waals surface area contributed by atoms with E-state index in [0.717, 1.165) is 5.69 Å². The maximum Gasteiger partial charge on any atom is 0.343 e. The maximum atomic E-state index is 13.0. The molecule has 0 saturated heterocycles. The van der Waals surface area contributed by atoms with E-state index < -0.39 is 5.97 Å². The molecule has 4 aromatic rings. The van der Waals surface area contributed by atoms with Gasteiger partial charge in [0.15, 0.2) is 5.65 Å². The average molecular weight is 419 g/mol. The maximum absolute atomic E-state index is 13.0. The standard InChI is InChI=1S/C21H21N7O3/c1-4-31-21(30)14-12-23-28-18(22-3)11-16(26-19(14)28)25-15-8-6-10-27(20(15)29)17-9-5-7-13(2)24-17/h5-12,22H,4H2,1-3H3,(H,25,26). The highest BCUT2D eigenvalue weighted by atomic mass is 16.5. The Hall–Kier alpha value is -4.21. The van der Waals surface area contributed by atoms with Crippen LogP contribution in [0.25, 0.3) is 11.5 Å². The topological polar surface area (TPSA) is 115 Å². The Morgan fingerprint density at radius 2 is 2.03 bits per heavy atom. The summed E-state index contributed by atoms with van der Waals surface area (Å²) in [6, 6.07) is 10.6. The molecule has 0 saturated carbocycles. The zero-order chi connectivity index (χ0) is 22.0. The molecule has 0 amide bonds. The van der Waals surface area contributed by atoms with E-state index in [4.69, 9.17) is 4.74 Å². The number of ether oxygens (including phenoxy) is 1. The van der Waals surface area contributed by atoms with E-state index in [9.17, 15) is 9.59 Å². The first-order valence-electron chi connectivity index (χ1n) is 9.68. The average Bonchev–Trinajstić information content (AvgIpc) is 3.19. The van der Waals surface area contributed by atoms with Gasteiger partial charge in [-0.25, -0.2) is 14.8 Å². The van der Waals surface area contributed by atoms with Gasteiger partial charge < -0.3 is 15.4 Å². The summed E-state index contributed by atoms with van der Waals surface area (Å²) in [5.74, 6) is 0.958. The van der Waals surface area contributed by atoms with Gasteiger partial charge in [0.2, 0.25) is 0 Å². The normalized spacial score (nSPS) is 10.8. The van der Waals surface area contributed by atoms with Crippen molar-refractivity contribution in [3.05, 3.63) is 70.4 Å². The zero-order valence-electron chi connectivity index (χ0n) is 17.3. The monoisotopic (exact) mass is 419 g/mol. The van der Waals surface area contributed by atoms with Crippen LogP contribution in [0, 0.1) is 6.92 Å². The summed E-state index contributed by atoms with van der Waals surface area (Å²) < 4.78 is 8.04. The van der Waals surface area contributed by atoms with Gasteiger partial charge in [-0.05, 0) is 38.1 Å². The molecule has 0 aliphatic heterocycles. The molecular formula is C21H21N7O3. The Kier molecular flexibility index (Phi) is 5.35. The molecule has 2 N–H and O–H groups in total. The Labute approximate surface area is 177 Å². The summed E-state index contributed by atoms with van der Waals surface area (Å²) in [7, 11) is 1.73. The first kappa shape index (κ1) is 20.1. The summed E-state index contributed by atoms with van der Waals surface area (Å²) in [5, 5.41) is 10.3. The van der Waals surface area contributed by atoms with Crippen molar-refractivity contribution in [1.82, 2.24) is 24.1 Å². The van der Waals surface area contributed by atoms with Crippen LogP contribution in [0.2, 0.25) is 0 Å². The lowest BCUT2D eigenvalue weighted by atomic mass is 10.3. The third-order valence-electron chi connectivity index (χ3n) is 4.55. The number of aryl methyl sites for hydroxylation is 1. The molecule has 0 radical (unpaired) electrons. The molecule has 0 aliphatic carbocycles. The van der Waals surface area contributed by atoms with Crippen molar-refractivity contribution in [2.45, 2.75) is 13.8 Å².